The Bertz CT molecular complexity index is 1970. The SMILES string of the molecule is CC(C)C(C(=O)/C=C(\O)C(C(C)C)C(C)C)C(C)C.Cc1c([Si](C)(C2CCCCC2)C2CCCCC2)sc2c(-c3[c-]c4ccccc4c([Si](C)(C)C)c3)ncnc12.[Ir]. The van der Waals surface area contributed by atoms with Gasteiger partial charge in [0.25, 0.3) is 0 Å². The molecule has 2 fully saturated rings. The maximum absolute atomic E-state index is 12.3. The van der Waals surface area contributed by atoms with E-state index in [1.54, 1.807) is 4.50 Å². The average molecular weight is 1020 g/mol. The van der Waals surface area contributed by atoms with Gasteiger partial charge < -0.3 is 5.11 Å². The van der Waals surface area contributed by atoms with Crippen LogP contribution in [-0.4, -0.2) is 37.0 Å². The molecule has 0 saturated heterocycles. The fourth-order valence-electron chi connectivity index (χ4n) is 11.0. The number of nitrogens with zero attached hydrogens (tertiary/aromatic N) is 2. The largest absolute Gasteiger partial charge is 0.512 e. The van der Waals surface area contributed by atoms with E-state index in [1.165, 1.54) is 102 Å². The number of ketones is 1. The van der Waals surface area contributed by atoms with Crippen LogP contribution in [0.15, 0.2) is 48.5 Å². The number of aliphatic hydroxyl groups excluding tert-OH is 1. The number of fused-ring (bicyclic) bond motifs is 2. The number of aryl methyl sites for hydroxylation is 1. The van der Waals surface area contributed by atoms with E-state index in [0.717, 1.165) is 22.3 Å². The Balaban J connectivity index is 0.000000319. The summed E-state index contributed by atoms with van der Waals surface area (Å²) in [5.41, 5.74) is 6.78. The number of hydrogen-bond acceptors (Lipinski definition) is 5. The third-order valence-electron chi connectivity index (χ3n) is 13.8. The fourth-order valence-corrected chi connectivity index (χ4v) is 21.4. The Labute approximate surface area is 372 Å². The first-order valence-electron chi connectivity index (χ1n) is 22.5. The van der Waals surface area contributed by atoms with Crippen LogP contribution in [0.2, 0.25) is 37.3 Å². The smallest absolute Gasteiger partial charge is 0.162 e. The number of carbonyl (C=O) groups is 1. The molecule has 2 aromatic carbocycles. The van der Waals surface area contributed by atoms with E-state index in [4.69, 9.17) is 9.97 Å². The number of hydrogen-bond donors (Lipinski definition) is 1. The number of benzene rings is 2. The summed E-state index contributed by atoms with van der Waals surface area (Å²) in [6.07, 6.45) is 17.7. The van der Waals surface area contributed by atoms with Gasteiger partial charge in [0, 0.05) is 48.4 Å². The Morgan fingerprint density at radius 3 is 1.81 bits per heavy atom. The molecule has 0 aliphatic heterocycles. The number of allylic oxidation sites excluding steroid dienone is 2. The topological polar surface area (TPSA) is 63.1 Å². The van der Waals surface area contributed by atoms with Crippen molar-refractivity contribution in [2.75, 3.05) is 0 Å². The summed E-state index contributed by atoms with van der Waals surface area (Å²) in [6.45, 7) is 29.1. The van der Waals surface area contributed by atoms with Gasteiger partial charge >= 0.3 is 0 Å². The second kappa shape index (κ2) is 20.7. The first-order chi connectivity index (χ1) is 26.9. The van der Waals surface area contributed by atoms with Gasteiger partial charge in [0.2, 0.25) is 0 Å². The van der Waals surface area contributed by atoms with Crippen molar-refractivity contribution < 1.29 is 30.0 Å². The van der Waals surface area contributed by atoms with Gasteiger partial charge in [-0.1, -0.05) is 175 Å². The molecule has 6 rings (SSSR count). The van der Waals surface area contributed by atoms with Crippen LogP contribution < -0.4 is 9.69 Å². The predicted octanol–water partition coefficient (Wildman–Crippen LogP) is 14.0. The van der Waals surface area contributed by atoms with Crippen molar-refractivity contribution in [1.82, 2.24) is 9.97 Å². The quantitative estimate of drug-likeness (QED) is 0.0665. The number of carbonyl (C=O) groups excluding carboxylic acids is 1. The van der Waals surface area contributed by atoms with Crippen LogP contribution >= 0.6 is 11.3 Å². The van der Waals surface area contributed by atoms with E-state index in [-0.39, 0.29) is 43.5 Å². The van der Waals surface area contributed by atoms with Crippen LogP contribution in [0.5, 0.6) is 0 Å². The van der Waals surface area contributed by atoms with Crippen molar-refractivity contribution in [1.29, 1.82) is 0 Å². The van der Waals surface area contributed by atoms with Crippen LogP contribution in [0, 0.1) is 48.5 Å². The van der Waals surface area contributed by atoms with Gasteiger partial charge in [0.05, 0.1) is 19.3 Å². The minimum absolute atomic E-state index is 0. The molecule has 2 saturated carbocycles. The van der Waals surface area contributed by atoms with Crippen molar-refractivity contribution in [2.45, 2.75) is 164 Å². The number of rotatable bonds is 12. The average Bonchev–Trinajstić information content (AvgIpc) is 3.50. The van der Waals surface area contributed by atoms with E-state index in [0.29, 0.717) is 23.7 Å². The Morgan fingerprint density at radius 1 is 0.793 bits per heavy atom. The summed E-state index contributed by atoms with van der Waals surface area (Å²) >= 11 is 2.09. The summed E-state index contributed by atoms with van der Waals surface area (Å²) in [5, 5.41) is 14.4. The first kappa shape index (κ1) is 48.7. The van der Waals surface area contributed by atoms with Crippen molar-refractivity contribution in [2.24, 2.45) is 35.5 Å². The molecule has 58 heavy (non-hydrogen) atoms. The van der Waals surface area contributed by atoms with Crippen molar-refractivity contribution in [3.8, 4) is 11.3 Å². The second-order valence-corrected chi connectivity index (χ2v) is 31.4. The zero-order valence-corrected chi connectivity index (χ0v) is 43.4. The van der Waals surface area contributed by atoms with Crippen LogP contribution in [0.1, 0.15) is 125 Å². The maximum atomic E-state index is 12.3. The van der Waals surface area contributed by atoms with Gasteiger partial charge in [-0.05, 0) is 51.7 Å². The fraction of sp³-hybridized carbons (Fsp3) is 0.620. The molecule has 0 amide bonds. The normalized spacial score (nSPS) is 16.6. The summed E-state index contributed by atoms with van der Waals surface area (Å²) < 4.78 is 3.05. The van der Waals surface area contributed by atoms with E-state index < -0.39 is 16.1 Å². The van der Waals surface area contributed by atoms with E-state index in [1.807, 2.05) is 6.33 Å². The molecule has 0 spiro atoms. The predicted molar refractivity (Wildman–Crippen MR) is 254 cm³/mol. The third-order valence-corrected chi connectivity index (χ3v) is 24.4. The van der Waals surface area contributed by atoms with E-state index in [2.05, 4.69) is 136 Å². The van der Waals surface area contributed by atoms with Gasteiger partial charge in [-0.25, -0.2) is 4.98 Å². The molecule has 321 valence electrons. The van der Waals surface area contributed by atoms with Crippen LogP contribution in [-0.2, 0) is 24.9 Å². The minimum Gasteiger partial charge on any atom is -0.512 e. The molecular formula is C50H75IrN2O2SSi2-. The molecule has 0 bridgehead atoms. The molecular weight excluding hydrogens is 941 g/mol. The Morgan fingerprint density at radius 2 is 1.31 bits per heavy atom. The summed E-state index contributed by atoms with van der Waals surface area (Å²) in [7, 11) is -3.28. The maximum Gasteiger partial charge on any atom is 0.162 e. The first-order valence-corrected chi connectivity index (χ1v) is 29.5. The number of thiophene rings is 1. The summed E-state index contributed by atoms with van der Waals surface area (Å²) in [6, 6.07) is 15.0. The monoisotopic (exact) mass is 1020 g/mol. The summed E-state index contributed by atoms with van der Waals surface area (Å²) in [5.74, 6) is 1.63. The molecule has 1 N–H and O–H groups in total. The van der Waals surface area contributed by atoms with Crippen LogP contribution in [0.4, 0.5) is 0 Å². The van der Waals surface area contributed by atoms with Crippen molar-refractivity contribution >= 4 is 63.9 Å². The summed E-state index contributed by atoms with van der Waals surface area (Å²) in [4.78, 5) is 22.3. The Hall–Kier alpha value is -1.97. The van der Waals surface area contributed by atoms with Crippen LogP contribution in [0.3, 0.4) is 0 Å². The van der Waals surface area contributed by atoms with Crippen molar-refractivity contribution in [3.63, 3.8) is 0 Å². The third kappa shape index (κ3) is 10.7. The zero-order valence-electron chi connectivity index (χ0n) is 38.2. The number of aliphatic hydroxyl groups is 1. The van der Waals surface area contributed by atoms with Gasteiger partial charge in [0.15, 0.2) is 5.78 Å². The van der Waals surface area contributed by atoms with Gasteiger partial charge in [-0.3, -0.25) is 9.78 Å². The van der Waals surface area contributed by atoms with E-state index in [9.17, 15) is 9.90 Å². The molecule has 2 aliphatic rings. The Kier molecular flexibility index (Phi) is 17.4. The molecule has 2 aliphatic carbocycles. The molecule has 8 heteroatoms. The number of aromatic nitrogens is 2. The molecule has 4 nitrogen and oxygen atoms in total. The minimum atomic E-state index is -1.71. The van der Waals surface area contributed by atoms with Crippen LogP contribution in [0.25, 0.3) is 32.2 Å². The van der Waals surface area contributed by atoms with Gasteiger partial charge in [-0.15, -0.1) is 40.1 Å². The molecule has 4 aromatic rings. The zero-order chi connectivity index (χ0) is 41.8. The molecule has 2 heterocycles. The second-order valence-electron chi connectivity index (χ2n) is 20.3. The molecule has 0 unspecified atom stereocenters. The van der Waals surface area contributed by atoms with Gasteiger partial charge in [0.1, 0.15) is 14.4 Å². The van der Waals surface area contributed by atoms with E-state index >= 15 is 0 Å². The van der Waals surface area contributed by atoms with Crippen molar-refractivity contribution in [3.05, 3.63) is 60.1 Å². The standard InChI is InChI=1S/C33H43N2SSi2.C17H32O2.Ir/c1-23-30-32(36-33(23)38(5,26-15-8-6-9-16-26)27-17-10-7-11-18-27)31(35-22-34-30)25-20-24-14-12-13-19-28(24)29(21-25)37(2,3)4;1-10(2)16(11(3)4)14(18)9-15(19)17(12(5)6)13(7)8;/h12-14,19,21-22,26-27H,6-11,15-18H2,1-5H3;9-13,16-18H,1-8H3;/q-1;;/b;14-9-;. The molecule has 2 aromatic heterocycles. The molecule has 1 radical (unpaired) electrons. The molecule has 0 atom stereocenters. The van der Waals surface area contributed by atoms with Gasteiger partial charge in [-0.2, -0.15) is 0 Å².